The highest BCUT2D eigenvalue weighted by atomic mass is 16.5. The second kappa shape index (κ2) is 7.56. The largest absolute Gasteiger partial charge is 0.378 e. The van der Waals surface area contributed by atoms with E-state index in [0.717, 1.165) is 57.1 Å². The van der Waals surface area contributed by atoms with Crippen LogP contribution in [0.1, 0.15) is 24.6 Å². The molecule has 0 saturated carbocycles. The number of morpholine rings is 1. The van der Waals surface area contributed by atoms with Gasteiger partial charge in [0.25, 0.3) is 0 Å². The summed E-state index contributed by atoms with van der Waals surface area (Å²) in [5.41, 5.74) is 2.15. The number of imidazole rings is 1. The summed E-state index contributed by atoms with van der Waals surface area (Å²) < 4.78 is 9.68. The molecule has 1 N–H and O–H groups in total. The normalized spacial score (nSPS) is 21.0. The Morgan fingerprint density at radius 3 is 2.68 bits per heavy atom. The Kier molecular flexibility index (Phi) is 4.77. The van der Waals surface area contributed by atoms with Crippen molar-refractivity contribution in [3.8, 4) is 11.5 Å². The van der Waals surface area contributed by atoms with Crippen LogP contribution in [-0.4, -0.2) is 81.1 Å². The van der Waals surface area contributed by atoms with Crippen molar-refractivity contribution < 1.29 is 9.53 Å². The summed E-state index contributed by atoms with van der Waals surface area (Å²) in [6.45, 7) is 6.96. The zero-order chi connectivity index (χ0) is 18.9. The molecule has 2 amide bonds. The average molecular weight is 385 g/mol. The van der Waals surface area contributed by atoms with E-state index in [9.17, 15) is 4.79 Å². The van der Waals surface area contributed by atoms with Gasteiger partial charge in [0.05, 0.1) is 25.5 Å². The molecule has 0 spiro atoms. The molecule has 150 valence electrons. The number of rotatable bonds is 2. The first kappa shape index (κ1) is 17.7. The summed E-state index contributed by atoms with van der Waals surface area (Å²) in [5.74, 6) is 0.930. The zero-order valence-electron chi connectivity index (χ0n) is 16.1. The Hall–Kier alpha value is -2.39. The number of hydrogen-bond acceptors (Lipinski definition) is 5. The molecular formula is C19H27N7O2. The minimum atomic E-state index is 0.155. The van der Waals surface area contributed by atoms with Gasteiger partial charge < -0.3 is 24.4 Å². The lowest BCUT2D eigenvalue weighted by Gasteiger charge is -2.37. The fraction of sp³-hybridized carbons (Fsp3) is 0.632. The third-order valence-corrected chi connectivity index (χ3v) is 5.98. The summed E-state index contributed by atoms with van der Waals surface area (Å²) in [5, 5.41) is 8.15. The smallest absolute Gasteiger partial charge is 0.320 e. The van der Waals surface area contributed by atoms with Crippen molar-refractivity contribution in [1.82, 2.24) is 34.4 Å². The monoisotopic (exact) mass is 385 g/mol. The summed E-state index contributed by atoms with van der Waals surface area (Å²) >= 11 is 0. The number of nitrogens with one attached hydrogen (secondary N) is 1. The minimum absolute atomic E-state index is 0.155. The molecule has 2 aromatic heterocycles. The Bertz CT molecular complexity index is 808. The van der Waals surface area contributed by atoms with Crippen LogP contribution in [0, 0.1) is 0 Å². The molecule has 5 heterocycles. The Morgan fingerprint density at radius 1 is 1.11 bits per heavy atom. The molecule has 0 bridgehead atoms. The van der Waals surface area contributed by atoms with Gasteiger partial charge in [-0.15, -0.1) is 0 Å². The maximum Gasteiger partial charge on any atom is 0.320 e. The van der Waals surface area contributed by atoms with Gasteiger partial charge in [0.15, 0.2) is 5.82 Å². The Morgan fingerprint density at radius 2 is 1.89 bits per heavy atom. The Labute approximate surface area is 164 Å². The van der Waals surface area contributed by atoms with Crippen molar-refractivity contribution in [2.24, 2.45) is 0 Å². The van der Waals surface area contributed by atoms with Crippen molar-refractivity contribution in [1.29, 1.82) is 0 Å². The molecule has 0 atom stereocenters. The predicted molar refractivity (Wildman–Crippen MR) is 103 cm³/mol. The van der Waals surface area contributed by atoms with Gasteiger partial charge in [-0.25, -0.2) is 9.78 Å². The van der Waals surface area contributed by atoms with Crippen molar-refractivity contribution >= 4 is 6.03 Å². The van der Waals surface area contributed by atoms with E-state index in [-0.39, 0.29) is 6.03 Å². The standard InChI is InChI=1S/C19H27N7O2/c27-19(24-9-11-28-12-10-24)23-5-1-15(2-6-23)25-7-4-21-18(25)17-13-16-14-20-3-8-26(16)22-17/h4,7,13,15,20H,1-3,5-6,8-12,14H2. The lowest BCUT2D eigenvalue weighted by Crippen LogP contribution is -2.50. The molecule has 5 rings (SSSR count). The molecule has 3 aliphatic heterocycles. The van der Waals surface area contributed by atoms with E-state index < -0.39 is 0 Å². The number of urea groups is 1. The molecule has 2 fully saturated rings. The summed E-state index contributed by atoms with van der Waals surface area (Å²) in [6, 6.07) is 2.65. The van der Waals surface area contributed by atoms with E-state index >= 15 is 0 Å². The fourth-order valence-electron chi connectivity index (χ4n) is 4.40. The van der Waals surface area contributed by atoms with Crippen LogP contribution >= 0.6 is 0 Å². The van der Waals surface area contributed by atoms with Gasteiger partial charge >= 0.3 is 6.03 Å². The number of carbonyl (C=O) groups excluding carboxylic acids is 1. The minimum Gasteiger partial charge on any atom is -0.378 e. The number of aromatic nitrogens is 4. The van der Waals surface area contributed by atoms with Gasteiger partial charge in [-0.3, -0.25) is 4.68 Å². The number of piperidine rings is 1. The number of likely N-dealkylation sites (tertiary alicyclic amines) is 1. The number of fused-ring (bicyclic) bond motifs is 1. The number of hydrogen-bond donors (Lipinski definition) is 1. The first-order chi connectivity index (χ1) is 13.8. The lowest BCUT2D eigenvalue weighted by atomic mass is 10.0. The number of amides is 2. The highest BCUT2D eigenvalue weighted by molar-refractivity contribution is 5.74. The first-order valence-corrected chi connectivity index (χ1v) is 10.2. The van der Waals surface area contributed by atoms with Crippen molar-refractivity contribution in [2.75, 3.05) is 45.9 Å². The van der Waals surface area contributed by atoms with Crippen LogP contribution in [0.15, 0.2) is 18.5 Å². The van der Waals surface area contributed by atoms with E-state index in [1.807, 2.05) is 16.0 Å². The van der Waals surface area contributed by atoms with Crippen molar-refractivity contribution in [2.45, 2.75) is 32.0 Å². The average Bonchev–Trinajstić information content (AvgIpc) is 3.41. The zero-order valence-corrected chi connectivity index (χ0v) is 16.1. The van der Waals surface area contributed by atoms with Crippen LogP contribution in [0.25, 0.3) is 11.5 Å². The van der Waals surface area contributed by atoms with Crippen LogP contribution in [-0.2, 0) is 17.8 Å². The molecule has 9 heteroatoms. The van der Waals surface area contributed by atoms with E-state index in [1.165, 1.54) is 5.69 Å². The number of nitrogens with zero attached hydrogens (tertiary/aromatic N) is 6. The molecule has 2 aromatic rings. The Balaban J connectivity index is 1.27. The van der Waals surface area contributed by atoms with Gasteiger partial charge in [0, 0.05) is 57.7 Å². The molecule has 0 unspecified atom stereocenters. The molecule has 0 aromatic carbocycles. The van der Waals surface area contributed by atoms with Crippen LogP contribution in [0.3, 0.4) is 0 Å². The number of ether oxygens (including phenoxy) is 1. The second-order valence-corrected chi connectivity index (χ2v) is 7.68. The van der Waals surface area contributed by atoms with Gasteiger partial charge in [0.2, 0.25) is 0 Å². The topological polar surface area (TPSA) is 80.5 Å². The van der Waals surface area contributed by atoms with Gasteiger partial charge in [-0.2, -0.15) is 5.10 Å². The highest BCUT2D eigenvalue weighted by Gasteiger charge is 2.29. The van der Waals surface area contributed by atoms with E-state index in [0.29, 0.717) is 32.3 Å². The third kappa shape index (κ3) is 3.29. The summed E-state index contributed by atoms with van der Waals surface area (Å²) in [7, 11) is 0. The highest BCUT2D eigenvalue weighted by Crippen LogP contribution is 2.28. The van der Waals surface area contributed by atoms with Crippen LogP contribution in [0.2, 0.25) is 0 Å². The fourth-order valence-corrected chi connectivity index (χ4v) is 4.40. The van der Waals surface area contributed by atoms with Crippen molar-refractivity contribution in [3.05, 3.63) is 24.2 Å². The van der Waals surface area contributed by atoms with Gasteiger partial charge in [-0.1, -0.05) is 0 Å². The molecule has 3 aliphatic rings. The third-order valence-electron chi connectivity index (χ3n) is 5.98. The second-order valence-electron chi connectivity index (χ2n) is 7.68. The van der Waals surface area contributed by atoms with Crippen molar-refractivity contribution in [3.63, 3.8) is 0 Å². The molecule has 2 saturated heterocycles. The quantitative estimate of drug-likeness (QED) is 0.832. The maximum atomic E-state index is 12.7. The van der Waals surface area contributed by atoms with Gasteiger partial charge in [0.1, 0.15) is 5.69 Å². The maximum absolute atomic E-state index is 12.7. The molecule has 0 radical (unpaired) electrons. The molecular weight excluding hydrogens is 358 g/mol. The van der Waals surface area contributed by atoms with Crippen LogP contribution in [0.5, 0.6) is 0 Å². The molecule has 9 nitrogen and oxygen atoms in total. The summed E-state index contributed by atoms with van der Waals surface area (Å²) in [4.78, 5) is 21.2. The summed E-state index contributed by atoms with van der Waals surface area (Å²) in [6.07, 6.45) is 5.79. The first-order valence-electron chi connectivity index (χ1n) is 10.2. The lowest BCUT2D eigenvalue weighted by molar-refractivity contribution is 0.0403. The molecule has 0 aliphatic carbocycles. The van der Waals surface area contributed by atoms with Crippen LogP contribution < -0.4 is 5.32 Å². The van der Waals surface area contributed by atoms with Gasteiger partial charge in [-0.05, 0) is 18.9 Å². The van der Waals surface area contributed by atoms with E-state index in [1.54, 1.807) is 0 Å². The molecule has 28 heavy (non-hydrogen) atoms. The van der Waals surface area contributed by atoms with E-state index in [2.05, 4.69) is 31.8 Å². The van der Waals surface area contributed by atoms with Crippen LogP contribution in [0.4, 0.5) is 4.79 Å². The number of carbonyl (C=O) groups is 1. The van der Waals surface area contributed by atoms with E-state index in [4.69, 9.17) is 9.84 Å². The predicted octanol–water partition coefficient (Wildman–Crippen LogP) is 0.939. The SMILES string of the molecule is O=C(N1CCOCC1)N1CCC(n2ccnc2-c2cc3n(n2)CCNC3)CC1.